The number of pyridine rings is 1. The van der Waals surface area contributed by atoms with E-state index in [0.29, 0.717) is 46.1 Å². The Morgan fingerprint density at radius 1 is 1.07 bits per heavy atom. The third-order valence-corrected chi connectivity index (χ3v) is 8.17. The maximum atomic E-state index is 6.84. The minimum Gasteiger partial charge on any atom is -0.450 e. The molecule has 0 atom stereocenters. The summed E-state index contributed by atoms with van der Waals surface area (Å²) in [4.78, 5) is 13.4. The average molecular weight is 598 g/mol. The van der Waals surface area contributed by atoms with E-state index in [0.717, 1.165) is 24.1 Å². The summed E-state index contributed by atoms with van der Waals surface area (Å²) in [5.41, 5.74) is 4.10. The number of fused-ring (bicyclic) bond motifs is 2. The number of anilines is 2. The van der Waals surface area contributed by atoms with Gasteiger partial charge in [-0.25, -0.2) is 9.50 Å². The lowest BCUT2D eigenvalue weighted by Gasteiger charge is -2.37. The Morgan fingerprint density at radius 2 is 1.88 bits per heavy atom. The molecule has 11 nitrogen and oxygen atoms in total. The van der Waals surface area contributed by atoms with Crippen molar-refractivity contribution in [3.8, 4) is 11.5 Å². The minimum atomic E-state index is -0.0972. The molecule has 5 aromatic heterocycles. The number of aromatic nitrogens is 8. The molecule has 7 rings (SSSR count). The van der Waals surface area contributed by atoms with E-state index in [-0.39, 0.29) is 17.6 Å². The Kier molecular flexibility index (Phi) is 6.78. The van der Waals surface area contributed by atoms with Gasteiger partial charge in [0.1, 0.15) is 16.1 Å². The van der Waals surface area contributed by atoms with Crippen LogP contribution in [0, 0.1) is 0 Å². The van der Waals surface area contributed by atoms with Gasteiger partial charge in [0.2, 0.25) is 5.95 Å². The number of halogens is 1. The number of hydrogen-bond acceptors (Lipinski definition) is 8. The molecular formula is C31H32ClN9O2. The molecule has 12 heteroatoms. The standard InChI is InChI=1S/C31H32ClN9O2/c1-31(2,3)25-14-26(38-41(25)20-12-21(13-20)42-18-19-8-6-5-7-9-19)36-30-37-29-28(39(30)4)27(32)24(16-34-29)43-23-17-35-40-11-10-33-15-22(23)40/h5-11,14-17,20-21H,12-13,18H2,1-4H3,(H,34,36,37,38). The fraction of sp³-hybridized carbons (Fsp3) is 0.323. The highest BCUT2D eigenvalue weighted by Crippen LogP contribution is 2.40. The van der Waals surface area contributed by atoms with Crippen molar-refractivity contribution in [1.82, 2.24) is 38.9 Å². The number of ether oxygens (including phenoxy) is 2. The maximum absolute atomic E-state index is 6.84. The Labute approximate surface area is 253 Å². The molecule has 1 fully saturated rings. The lowest BCUT2D eigenvalue weighted by atomic mass is 9.86. The average Bonchev–Trinajstić information content (AvgIpc) is 3.66. The summed E-state index contributed by atoms with van der Waals surface area (Å²) < 4.78 is 18.0. The molecule has 220 valence electrons. The van der Waals surface area contributed by atoms with Crippen molar-refractivity contribution in [2.24, 2.45) is 7.05 Å². The van der Waals surface area contributed by atoms with Gasteiger partial charge in [0.25, 0.3) is 0 Å². The zero-order valence-corrected chi connectivity index (χ0v) is 25.2. The van der Waals surface area contributed by atoms with Gasteiger partial charge in [0, 0.05) is 36.6 Å². The van der Waals surface area contributed by atoms with Crippen molar-refractivity contribution in [3.05, 3.63) is 83.7 Å². The Bertz CT molecular complexity index is 1920. The molecule has 5 heterocycles. The van der Waals surface area contributed by atoms with Crippen LogP contribution in [0.15, 0.2) is 67.4 Å². The summed E-state index contributed by atoms with van der Waals surface area (Å²) in [6, 6.07) is 12.7. The fourth-order valence-corrected chi connectivity index (χ4v) is 5.67. The molecule has 1 aliphatic carbocycles. The first kappa shape index (κ1) is 27.4. The van der Waals surface area contributed by atoms with Crippen molar-refractivity contribution in [3.63, 3.8) is 0 Å². The number of hydrogen-bond donors (Lipinski definition) is 1. The van der Waals surface area contributed by atoms with Gasteiger partial charge in [0.05, 0.1) is 37.3 Å². The van der Waals surface area contributed by atoms with Crippen LogP contribution in [0.5, 0.6) is 11.5 Å². The summed E-state index contributed by atoms with van der Waals surface area (Å²) in [5, 5.41) is 13.1. The first-order valence-electron chi connectivity index (χ1n) is 14.2. The SMILES string of the molecule is Cn1c(Nc2cc(C(C)(C)C)n(C3CC(OCc4ccccc4)C3)n2)nc2ncc(Oc3cnn4ccncc34)c(Cl)c21. The first-order valence-corrected chi connectivity index (χ1v) is 14.6. The summed E-state index contributed by atoms with van der Waals surface area (Å²) >= 11 is 6.84. The van der Waals surface area contributed by atoms with Gasteiger partial charge in [-0.3, -0.25) is 9.67 Å². The van der Waals surface area contributed by atoms with E-state index in [1.165, 1.54) is 5.56 Å². The third-order valence-electron chi connectivity index (χ3n) is 7.80. The van der Waals surface area contributed by atoms with Crippen LogP contribution in [-0.2, 0) is 23.8 Å². The van der Waals surface area contributed by atoms with Gasteiger partial charge in [0.15, 0.2) is 23.0 Å². The van der Waals surface area contributed by atoms with Crippen LogP contribution in [-0.4, -0.2) is 45.0 Å². The molecule has 1 saturated carbocycles. The van der Waals surface area contributed by atoms with E-state index in [1.54, 1.807) is 35.5 Å². The molecule has 43 heavy (non-hydrogen) atoms. The number of rotatable bonds is 8. The zero-order chi connectivity index (χ0) is 29.7. The first-order chi connectivity index (χ1) is 20.7. The summed E-state index contributed by atoms with van der Waals surface area (Å²) in [6.45, 7) is 7.23. The normalized spacial score (nSPS) is 17.0. The lowest BCUT2D eigenvalue weighted by Crippen LogP contribution is -2.36. The van der Waals surface area contributed by atoms with Gasteiger partial charge in [-0.15, -0.1) is 0 Å². The van der Waals surface area contributed by atoms with E-state index in [2.05, 4.69) is 64.0 Å². The van der Waals surface area contributed by atoms with Crippen LogP contribution in [0.4, 0.5) is 11.8 Å². The molecule has 0 radical (unpaired) electrons. The van der Waals surface area contributed by atoms with E-state index >= 15 is 0 Å². The van der Waals surface area contributed by atoms with Crippen LogP contribution < -0.4 is 10.1 Å². The molecule has 1 aliphatic rings. The van der Waals surface area contributed by atoms with Crippen LogP contribution in [0.3, 0.4) is 0 Å². The number of imidazole rings is 1. The largest absolute Gasteiger partial charge is 0.450 e. The molecule has 0 bridgehead atoms. The Morgan fingerprint density at radius 3 is 2.67 bits per heavy atom. The molecule has 6 aromatic rings. The molecule has 0 aliphatic heterocycles. The van der Waals surface area contributed by atoms with Crippen LogP contribution in [0.2, 0.25) is 5.02 Å². The highest BCUT2D eigenvalue weighted by Gasteiger charge is 2.35. The summed E-state index contributed by atoms with van der Waals surface area (Å²) in [7, 11) is 1.89. The predicted octanol–water partition coefficient (Wildman–Crippen LogP) is 6.61. The number of nitrogens with one attached hydrogen (secondary N) is 1. The number of nitrogens with zero attached hydrogens (tertiary/aromatic N) is 8. The van der Waals surface area contributed by atoms with Crippen LogP contribution in [0.25, 0.3) is 16.7 Å². The summed E-state index contributed by atoms with van der Waals surface area (Å²) in [6.07, 6.45) is 10.4. The van der Waals surface area contributed by atoms with Gasteiger partial charge < -0.3 is 19.4 Å². The lowest BCUT2D eigenvalue weighted by molar-refractivity contribution is -0.0394. The van der Waals surface area contributed by atoms with Crippen molar-refractivity contribution in [2.75, 3.05) is 5.32 Å². The van der Waals surface area contributed by atoms with Crippen molar-refractivity contribution < 1.29 is 9.47 Å². The molecule has 1 aromatic carbocycles. The van der Waals surface area contributed by atoms with Gasteiger partial charge >= 0.3 is 0 Å². The van der Waals surface area contributed by atoms with Crippen molar-refractivity contribution in [1.29, 1.82) is 0 Å². The molecule has 0 spiro atoms. The highest BCUT2D eigenvalue weighted by molar-refractivity contribution is 6.36. The van der Waals surface area contributed by atoms with Gasteiger partial charge in [-0.2, -0.15) is 15.2 Å². The number of aryl methyl sites for hydroxylation is 1. The second kappa shape index (κ2) is 10.7. The van der Waals surface area contributed by atoms with E-state index < -0.39 is 0 Å². The molecule has 1 N–H and O–H groups in total. The molecule has 0 amide bonds. The smallest absolute Gasteiger partial charge is 0.210 e. The summed E-state index contributed by atoms with van der Waals surface area (Å²) in [5.74, 6) is 2.21. The Hall–Kier alpha value is -4.48. The Balaban J connectivity index is 1.11. The van der Waals surface area contributed by atoms with E-state index in [4.69, 9.17) is 31.2 Å². The predicted molar refractivity (Wildman–Crippen MR) is 164 cm³/mol. The highest BCUT2D eigenvalue weighted by atomic mass is 35.5. The fourth-order valence-electron chi connectivity index (χ4n) is 5.38. The monoisotopic (exact) mass is 597 g/mol. The number of benzene rings is 1. The van der Waals surface area contributed by atoms with Gasteiger partial charge in [-0.1, -0.05) is 62.7 Å². The second-order valence-electron chi connectivity index (χ2n) is 11.9. The second-order valence-corrected chi connectivity index (χ2v) is 12.3. The quantitative estimate of drug-likeness (QED) is 0.209. The molecular weight excluding hydrogens is 566 g/mol. The minimum absolute atomic E-state index is 0.0972. The van der Waals surface area contributed by atoms with Crippen LogP contribution >= 0.6 is 11.6 Å². The van der Waals surface area contributed by atoms with Crippen molar-refractivity contribution in [2.45, 2.75) is 57.8 Å². The molecule has 0 saturated heterocycles. The van der Waals surface area contributed by atoms with E-state index in [1.807, 2.05) is 29.8 Å². The van der Waals surface area contributed by atoms with Crippen LogP contribution in [0.1, 0.15) is 50.9 Å². The van der Waals surface area contributed by atoms with Crippen molar-refractivity contribution >= 4 is 40.0 Å². The van der Waals surface area contributed by atoms with E-state index in [9.17, 15) is 0 Å². The van der Waals surface area contributed by atoms with Gasteiger partial charge in [-0.05, 0) is 18.4 Å². The molecule has 0 unspecified atom stereocenters. The third kappa shape index (κ3) is 5.19. The zero-order valence-electron chi connectivity index (χ0n) is 24.4. The topological polar surface area (TPSA) is 109 Å². The maximum Gasteiger partial charge on any atom is 0.210 e.